The summed E-state index contributed by atoms with van der Waals surface area (Å²) >= 11 is 1.85. The van der Waals surface area contributed by atoms with Gasteiger partial charge in [0, 0.05) is 12.3 Å². The van der Waals surface area contributed by atoms with Crippen molar-refractivity contribution < 1.29 is 0 Å². The summed E-state index contributed by atoms with van der Waals surface area (Å²) in [6.45, 7) is 3.04. The van der Waals surface area contributed by atoms with Gasteiger partial charge in [-0.1, -0.05) is 0 Å². The fraction of sp³-hybridized carbons (Fsp3) is 1.00. The first-order valence-corrected chi connectivity index (χ1v) is 4.77. The van der Waals surface area contributed by atoms with E-state index in [-0.39, 0.29) is 0 Å². The molecule has 10 heavy (non-hydrogen) atoms. The van der Waals surface area contributed by atoms with Gasteiger partial charge in [0.05, 0.1) is 0 Å². The molecule has 1 rings (SSSR count). The van der Waals surface area contributed by atoms with Crippen molar-refractivity contribution in [1.82, 2.24) is 10.6 Å². The molecule has 0 saturated carbocycles. The lowest BCUT2D eigenvalue weighted by atomic mass is 10.4. The quantitative estimate of drug-likeness (QED) is 0.524. The molecule has 3 nitrogen and oxygen atoms in total. The van der Waals surface area contributed by atoms with Crippen LogP contribution in [-0.2, 0) is 0 Å². The van der Waals surface area contributed by atoms with E-state index >= 15 is 0 Å². The molecule has 0 unspecified atom stereocenters. The van der Waals surface area contributed by atoms with Crippen LogP contribution in [0.2, 0.25) is 0 Å². The first-order valence-electron chi connectivity index (χ1n) is 3.72. The van der Waals surface area contributed by atoms with Crippen molar-refractivity contribution in [3.05, 3.63) is 0 Å². The minimum absolute atomic E-state index is 0.442. The number of nitrogens with one attached hydrogen (secondary N) is 2. The van der Waals surface area contributed by atoms with Crippen molar-refractivity contribution in [1.29, 1.82) is 0 Å². The highest BCUT2D eigenvalue weighted by molar-refractivity contribution is 7.99. The number of nitrogens with two attached hydrogens (primary N) is 1. The molecule has 0 aliphatic carbocycles. The molecule has 0 atom stereocenters. The van der Waals surface area contributed by atoms with Gasteiger partial charge in [0.15, 0.2) is 0 Å². The van der Waals surface area contributed by atoms with E-state index in [1.165, 1.54) is 6.42 Å². The average Bonchev–Trinajstić information content (AvgIpc) is 2.03. The molecule has 4 heteroatoms. The molecule has 0 aromatic heterocycles. The summed E-state index contributed by atoms with van der Waals surface area (Å²) in [5.41, 5.74) is 5.81. The number of hydrogen-bond acceptors (Lipinski definition) is 4. The predicted octanol–water partition coefficient (Wildman–Crippen LogP) is -0.455. The molecule has 1 aliphatic heterocycles. The molecule has 0 spiro atoms. The third-order valence-corrected chi connectivity index (χ3v) is 2.55. The lowest BCUT2D eigenvalue weighted by Gasteiger charge is -2.24. The van der Waals surface area contributed by atoms with Gasteiger partial charge in [0.2, 0.25) is 0 Å². The van der Waals surface area contributed by atoms with Gasteiger partial charge < -0.3 is 5.73 Å². The molecule has 1 saturated heterocycles. The van der Waals surface area contributed by atoms with E-state index in [9.17, 15) is 0 Å². The van der Waals surface area contributed by atoms with Crippen LogP contribution in [0.25, 0.3) is 0 Å². The minimum atomic E-state index is 0.442. The van der Waals surface area contributed by atoms with Crippen molar-refractivity contribution in [3.8, 4) is 0 Å². The van der Waals surface area contributed by atoms with Crippen LogP contribution in [-0.4, -0.2) is 30.9 Å². The molecule has 0 amide bonds. The summed E-state index contributed by atoms with van der Waals surface area (Å²) in [7, 11) is 0. The number of rotatable bonds is 3. The maximum Gasteiger partial charge on any atom is 0.105 e. The second kappa shape index (κ2) is 4.96. The van der Waals surface area contributed by atoms with Gasteiger partial charge >= 0.3 is 0 Å². The molecule has 0 aromatic carbocycles. The molecular weight excluding hydrogens is 146 g/mol. The van der Waals surface area contributed by atoms with E-state index < -0.39 is 0 Å². The minimum Gasteiger partial charge on any atom is -0.330 e. The first-order chi connectivity index (χ1) is 4.93. The summed E-state index contributed by atoms with van der Waals surface area (Å²) in [5.74, 6) is 1.03. The largest absolute Gasteiger partial charge is 0.330 e. The molecule has 60 valence electrons. The van der Waals surface area contributed by atoms with Gasteiger partial charge in [-0.15, -0.1) is 11.8 Å². The third-order valence-electron chi connectivity index (χ3n) is 1.42. The van der Waals surface area contributed by atoms with Crippen LogP contribution < -0.4 is 16.4 Å². The third kappa shape index (κ3) is 2.88. The Hall–Kier alpha value is 0.230. The van der Waals surface area contributed by atoms with Gasteiger partial charge in [-0.2, -0.15) is 0 Å². The Labute approximate surface area is 66.1 Å². The summed E-state index contributed by atoms with van der Waals surface area (Å²) < 4.78 is 0. The Morgan fingerprint density at radius 3 is 2.70 bits per heavy atom. The van der Waals surface area contributed by atoms with Crippen LogP contribution in [0.3, 0.4) is 0 Å². The lowest BCUT2D eigenvalue weighted by molar-refractivity contribution is 0.464. The van der Waals surface area contributed by atoms with Crippen LogP contribution in [0, 0.1) is 0 Å². The summed E-state index contributed by atoms with van der Waals surface area (Å²) in [6, 6.07) is 0. The van der Waals surface area contributed by atoms with Gasteiger partial charge in [0.25, 0.3) is 0 Å². The molecule has 1 heterocycles. The molecule has 0 radical (unpaired) electrons. The van der Waals surface area contributed by atoms with Gasteiger partial charge in [-0.3, -0.25) is 10.6 Å². The van der Waals surface area contributed by atoms with Crippen molar-refractivity contribution in [2.75, 3.05) is 25.4 Å². The summed E-state index contributed by atoms with van der Waals surface area (Å²) in [6.07, 6.45) is 1.24. The Morgan fingerprint density at radius 2 is 2.10 bits per heavy atom. The molecule has 1 aliphatic rings. The van der Waals surface area contributed by atoms with E-state index in [4.69, 9.17) is 5.73 Å². The standard InChI is InChI=1S/C6H15N3S/c7-2-5-10-6-8-3-1-4-9-6/h6,8-9H,1-5,7H2. The summed E-state index contributed by atoms with van der Waals surface area (Å²) in [5, 5.41) is 6.70. The molecular formula is C6H15N3S. The van der Waals surface area contributed by atoms with Crippen molar-refractivity contribution in [2.24, 2.45) is 5.73 Å². The topological polar surface area (TPSA) is 50.1 Å². The second-order valence-corrected chi connectivity index (χ2v) is 3.51. The van der Waals surface area contributed by atoms with E-state index in [0.717, 1.165) is 25.4 Å². The van der Waals surface area contributed by atoms with Crippen LogP contribution >= 0.6 is 11.8 Å². The molecule has 1 fully saturated rings. The Morgan fingerprint density at radius 1 is 1.40 bits per heavy atom. The fourth-order valence-electron chi connectivity index (χ4n) is 0.931. The van der Waals surface area contributed by atoms with Crippen LogP contribution in [0.5, 0.6) is 0 Å². The van der Waals surface area contributed by atoms with Gasteiger partial charge in [-0.05, 0) is 19.5 Å². The van der Waals surface area contributed by atoms with Crippen molar-refractivity contribution >= 4 is 11.8 Å². The van der Waals surface area contributed by atoms with Crippen molar-refractivity contribution in [2.45, 2.75) is 11.9 Å². The first kappa shape index (κ1) is 8.33. The predicted molar refractivity (Wildman–Crippen MR) is 45.9 cm³/mol. The van der Waals surface area contributed by atoms with E-state index in [0.29, 0.717) is 5.50 Å². The smallest absolute Gasteiger partial charge is 0.105 e. The van der Waals surface area contributed by atoms with Crippen LogP contribution in [0.15, 0.2) is 0 Å². The van der Waals surface area contributed by atoms with Crippen LogP contribution in [0.1, 0.15) is 6.42 Å². The summed E-state index contributed by atoms with van der Waals surface area (Å²) in [4.78, 5) is 0. The maximum atomic E-state index is 5.37. The van der Waals surface area contributed by atoms with Gasteiger partial charge in [0.1, 0.15) is 5.50 Å². The van der Waals surface area contributed by atoms with Crippen molar-refractivity contribution in [3.63, 3.8) is 0 Å². The molecule has 4 N–H and O–H groups in total. The zero-order chi connectivity index (χ0) is 7.23. The SMILES string of the molecule is NCCSC1NCCCN1. The Kier molecular flexibility index (Phi) is 4.13. The highest BCUT2D eigenvalue weighted by atomic mass is 32.2. The van der Waals surface area contributed by atoms with Gasteiger partial charge in [-0.25, -0.2) is 0 Å². The van der Waals surface area contributed by atoms with E-state index in [2.05, 4.69) is 10.6 Å². The Balaban J connectivity index is 2.02. The fourth-order valence-corrected chi connectivity index (χ4v) is 1.77. The average molecular weight is 161 g/mol. The Bertz CT molecular complexity index is 83.1. The van der Waals surface area contributed by atoms with E-state index in [1.54, 1.807) is 0 Å². The number of hydrogen-bond donors (Lipinski definition) is 3. The zero-order valence-corrected chi connectivity index (χ0v) is 6.91. The highest BCUT2D eigenvalue weighted by Crippen LogP contribution is 2.05. The zero-order valence-electron chi connectivity index (χ0n) is 6.10. The highest BCUT2D eigenvalue weighted by Gasteiger charge is 2.09. The van der Waals surface area contributed by atoms with E-state index in [1.807, 2.05) is 11.8 Å². The molecule has 0 bridgehead atoms. The normalized spacial score (nSPS) is 21.3. The monoisotopic (exact) mass is 161 g/mol. The second-order valence-electron chi connectivity index (χ2n) is 2.30. The maximum absolute atomic E-state index is 5.37. The molecule has 0 aromatic rings. The number of thioether (sulfide) groups is 1. The lowest BCUT2D eigenvalue weighted by Crippen LogP contribution is -2.46. The van der Waals surface area contributed by atoms with Crippen LogP contribution in [0.4, 0.5) is 0 Å².